The van der Waals surface area contributed by atoms with Gasteiger partial charge in [-0.3, -0.25) is 4.79 Å². The maximum Gasteiger partial charge on any atom is 0.226 e. The molecule has 0 aliphatic heterocycles. The maximum absolute atomic E-state index is 12.0. The highest BCUT2D eigenvalue weighted by molar-refractivity contribution is 7.80. The molecule has 0 saturated heterocycles. The van der Waals surface area contributed by atoms with E-state index in [0.717, 1.165) is 12.8 Å². The zero-order valence-corrected chi connectivity index (χ0v) is 16.2. The number of thiocarbonyl (C=S) groups is 1. The van der Waals surface area contributed by atoms with Crippen LogP contribution >= 0.6 is 12.2 Å². The predicted molar refractivity (Wildman–Crippen MR) is 103 cm³/mol. The van der Waals surface area contributed by atoms with Crippen LogP contribution in [0.3, 0.4) is 0 Å². The molecular formula is C19H36N2OS. The molecule has 0 aromatic carbocycles. The number of rotatable bonds is 2. The molecule has 0 radical (unpaired) electrons. The summed E-state index contributed by atoms with van der Waals surface area (Å²) in [6.07, 6.45) is 14.9. The molecule has 1 fully saturated rings. The molecule has 2 N–H and O–H groups in total. The van der Waals surface area contributed by atoms with Crippen LogP contribution in [0, 0.1) is 5.41 Å². The van der Waals surface area contributed by atoms with Crippen LogP contribution in [0.15, 0.2) is 0 Å². The highest BCUT2D eigenvalue weighted by Crippen LogP contribution is 2.18. The van der Waals surface area contributed by atoms with Gasteiger partial charge in [0.1, 0.15) is 0 Å². The standard InChI is InChI=1S/C19H36N2OS/c1-19(2,3)15-17(22)21-18(23)20-16-13-11-9-7-5-4-6-8-10-12-14-16/h16H,4-15H2,1-3H3,(H2,20,21,22,23). The molecular weight excluding hydrogens is 304 g/mol. The van der Waals surface area contributed by atoms with E-state index in [1.165, 1.54) is 57.8 Å². The van der Waals surface area contributed by atoms with Gasteiger partial charge in [0.25, 0.3) is 0 Å². The van der Waals surface area contributed by atoms with Crippen LogP contribution in [0.1, 0.15) is 97.8 Å². The Bertz CT molecular complexity index is 351. The van der Waals surface area contributed by atoms with Crippen molar-refractivity contribution in [3.63, 3.8) is 0 Å². The molecule has 0 aromatic rings. The number of carbonyl (C=O) groups excluding carboxylic acids is 1. The summed E-state index contributed by atoms with van der Waals surface area (Å²) in [4.78, 5) is 12.0. The largest absolute Gasteiger partial charge is 0.360 e. The molecule has 23 heavy (non-hydrogen) atoms. The minimum absolute atomic E-state index is 0.00708. The molecule has 0 heterocycles. The molecule has 0 unspecified atom stereocenters. The summed E-state index contributed by atoms with van der Waals surface area (Å²) in [6.45, 7) is 6.20. The van der Waals surface area contributed by atoms with Gasteiger partial charge in [0, 0.05) is 12.5 Å². The van der Waals surface area contributed by atoms with Gasteiger partial charge in [-0.15, -0.1) is 0 Å². The van der Waals surface area contributed by atoms with Gasteiger partial charge in [-0.1, -0.05) is 78.6 Å². The smallest absolute Gasteiger partial charge is 0.226 e. The highest BCUT2D eigenvalue weighted by Gasteiger charge is 2.18. The molecule has 0 atom stereocenters. The molecule has 4 heteroatoms. The van der Waals surface area contributed by atoms with Crippen molar-refractivity contribution in [2.45, 2.75) is 104 Å². The number of nitrogens with one attached hydrogen (secondary N) is 2. The van der Waals surface area contributed by atoms with E-state index in [1.807, 2.05) is 0 Å². The Morgan fingerprint density at radius 3 is 1.78 bits per heavy atom. The third-order valence-electron chi connectivity index (χ3n) is 4.38. The van der Waals surface area contributed by atoms with Crippen LogP contribution in [0.25, 0.3) is 0 Å². The van der Waals surface area contributed by atoms with Crippen molar-refractivity contribution in [3.05, 3.63) is 0 Å². The van der Waals surface area contributed by atoms with Crippen molar-refractivity contribution in [2.75, 3.05) is 0 Å². The first kappa shape index (κ1) is 20.4. The first-order valence-electron chi connectivity index (χ1n) is 9.47. The molecule has 0 aromatic heterocycles. The summed E-state index contributed by atoms with van der Waals surface area (Å²) in [5.41, 5.74) is -0.00708. The van der Waals surface area contributed by atoms with E-state index < -0.39 is 0 Å². The van der Waals surface area contributed by atoms with Gasteiger partial charge in [-0.2, -0.15) is 0 Å². The summed E-state index contributed by atoms with van der Waals surface area (Å²) >= 11 is 5.34. The number of hydrogen-bond acceptors (Lipinski definition) is 2. The lowest BCUT2D eigenvalue weighted by Crippen LogP contribution is -2.45. The molecule has 3 nitrogen and oxygen atoms in total. The van der Waals surface area contributed by atoms with Crippen LogP contribution in [0.2, 0.25) is 0 Å². The second kappa shape index (κ2) is 11.0. The van der Waals surface area contributed by atoms with Crippen molar-refractivity contribution in [2.24, 2.45) is 5.41 Å². The minimum Gasteiger partial charge on any atom is -0.360 e. The number of hydrogen-bond donors (Lipinski definition) is 2. The summed E-state index contributed by atoms with van der Waals surface area (Å²) in [5.74, 6) is 0.0168. The second-order valence-corrected chi connectivity index (χ2v) is 8.62. The quantitative estimate of drug-likeness (QED) is 0.688. The van der Waals surface area contributed by atoms with Gasteiger partial charge in [0.05, 0.1) is 0 Å². The molecule has 1 saturated carbocycles. The molecule has 1 aliphatic rings. The Kier molecular flexibility index (Phi) is 9.77. The summed E-state index contributed by atoms with van der Waals surface area (Å²) < 4.78 is 0. The van der Waals surface area contributed by atoms with Gasteiger partial charge in [0.2, 0.25) is 5.91 Å². The van der Waals surface area contributed by atoms with Crippen LogP contribution < -0.4 is 10.6 Å². The van der Waals surface area contributed by atoms with Crippen molar-refractivity contribution >= 4 is 23.2 Å². The van der Waals surface area contributed by atoms with Crippen molar-refractivity contribution in [3.8, 4) is 0 Å². The summed E-state index contributed by atoms with van der Waals surface area (Å²) in [6, 6.07) is 0.414. The highest BCUT2D eigenvalue weighted by atomic mass is 32.1. The molecule has 1 aliphatic carbocycles. The van der Waals surface area contributed by atoms with Gasteiger partial charge in [-0.25, -0.2) is 0 Å². The normalized spacial score (nSPS) is 19.3. The monoisotopic (exact) mass is 340 g/mol. The lowest BCUT2D eigenvalue weighted by Gasteiger charge is -2.22. The molecule has 0 bridgehead atoms. The van der Waals surface area contributed by atoms with Gasteiger partial charge >= 0.3 is 0 Å². The Hall–Kier alpha value is -0.640. The number of carbonyl (C=O) groups is 1. The Balaban J connectivity index is 2.37. The van der Waals surface area contributed by atoms with Crippen molar-refractivity contribution in [1.82, 2.24) is 10.6 Å². The lowest BCUT2D eigenvalue weighted by atomic mass is 9.92. The van der Waals surface area contributed by atoms with Crippen LogP contribution in [-0.2, 0) is 4.79 Å². The fraction of sp³-hybridized carbons (Fsp3) is 0.895. The maximum atomic E-state index is 12.0. The Labute approximate surface area is 148 Å². The van der Waals surface area contributed by atoms with Gasteiger partial charge in [-0.05, 0) is 30.5 Å². The number of amides is 1. The SMILES string of the molecule is CC(C)(C)CC(=O)NC(=S)NC1CCCCCCCCCCC1. The van der Waals surface area contributed by atoms with E-state index in [4.69, 9.17) is 12.2 Å². The average molecular weight is 341 g/mol. The van der Waals surface area contributed by atoms with E-state index in [0.29, 0.717) is 17.6 Å². The topological polar surface area (TPSA) is 41.1 Å². The van der Waals surface area contributed by atoms with Crippen molar-refractivity contribution < 1.29 is 4.79 Å². The van der Waals surface area contributed by atoms with Crippen LogP contribution in [-0.4, -0.2) is 17.1 Å². The van der Waals surface area contributed by atoms with E-state index in [1.54, 1.807) is 0 Å². The van der Waals surface area contributed by atoms with Crippen LogP contribution in [0.4, 0.5) is 0 Å². The minimum atomic E-state index is -0.00708. The average Bonchev–Trinajstić information content (AvgIpc) is 2.39. The molecule has 0 spiro atoms. The zero-order valence-electron chi connectivity index (χ0n) is 15.4. The third-order valence-corrected chi connectivity index (χ3v) is 4.60. The van der Waals surface area contributed by atoms with Crippen molar-refractivity contribution in [1.29, 1.82) is 0 Å². The Morgan fingerprint density at radius 1 is 0.913 bits per heavy atom. The first-order chi connectivity index (χ1) is 10.9. The van der Waals surface area contributed by atoms with E-state index in [9.17, 15) is 4.79 Å². The lowest BCUT2D eigenvalue weighted by molar-refractivity contribution is -0.121. The summed E-state index contributed by atoms with van der Waals surface area (Å²) in [7, 11) is 0. The van der Waals surface area contributed by atoms with Crippen LogP contribution in [0.5, 0.6) is 0 Å². The zero-order chi connectivity index (χ0) is 17.1. The first-order valence-corrected chi connectivity index (χ1v) is 9.88. The van der Waals surface area contributed by atoms with Gasteiger partial charge in [0.15, 0.2) is 5.11 Å². The molecule has 134 valence electrons. The fourth-order valence-corrected chi connectivity index (χ4v) is 3.46. The Morgan fingerprint density at radius 2 is 1.35 bits per heavy atom. The molecule has 1 rings (SSSR count). The second-order valence-electron chi connectivity index (χ2n) is 8.22. The summed E-state index contributed by atoms with van der Waals surface area (Å²) in [5, 5.41) is 6.75. The van der Waals surface area contributed by atoms with Gasteiger partial charge < -0.3 is 10.6 Å². The van der Waals surface area contributed by atoms with E-state index in [2.05, 4.69) is 31.4 Å². The fourth-order valence-electron chi connectivity index (χ4n) is 3.18. The molecule has 1 amide bonds. The van der Waals surface area contributed by atoms with E-state index in [-0.39, 0.29) is 11.3 Å². The van der Waals surface area contributed by atoms with E-state index >= 15 is 0 Å². The predicted octanol–water partition coefficient (Wildman–Crippen LogP) is 5.09. The third kappa shape index (κ3) is 11.5.